The molecule has 0 radical (unpaired) electrons. The lowest BCUT2D eigenvalue weighted by atomic mass is 10.1. The highest BCUT2D eigenvalue weighted by molar-refractivity contribution is 6.15. The molecule has 13 heteroatoms. The Morgan fingerprint density at radius 2 is 1.85 bits per heavy atom. The van der Waals surface area contributed by atoms with E-state index in [2.05, 4.69) is 10.1 Å². The highest BCUT2D eigenvalue weighted by atomic mass is 19.4. The molecule has 1 saturated heterocycles. The predicted molar refractivity (Wildman–Crippen MR) is 105 cm³/mol. The highest BCUT2D eigenvalue weighted by Gasteiger charge is 2.35. The molecule has 0 bridgehead atoms. The number of hydrogen-bond acceptors (Lipinski definition) is 7. The van der Waals surface area contributed by atoms with E-state index in [1.54, 1.807) is 0 Å². The SMILES string of the molecule is COC(=O)CN1C(=O)N/C(=C/c2ccc(Oc3ccc(C(F)(F)F)cc3[N+](=O)[O-])cc2)C1=O. The maximum atomic E-state index is 12.8. The first-order valence-electron chi connectivity index (χ1n) is 9.04. The van der Waals surface area contributed by atoms with Crippen molar-refractivity contribution in [2.45, 2.75) is 6.18 Å². The number of alkyl halides is 3. The average Bonchev–Trinajstić information content (AvgIpc) is 3.01. The second kappa shape index (κ2) is 8.98. The minimum absolute atomic E-state index is 0.0779. The smallest absolute Gasteiger partial charge is 0.416 e. The van der Waals surface area contributed by atoms with Gasteiger partial charge in [-0.15, -0.1) is 0 Å². The monoisotopic (exact) mass is 465 g/mol. The van der Waals surface area contributed by atoms with Gasteiger partial charge in [-0.25, -0.2) is 9.69 Å². The van der Waals surface area contributed by atoms with Crippen molar-refractivity contribution >= 4 is 29.7 Å². The van der Waals surface area contributed by atoms with Crippen LogP contribution in [0.3, 0.4) is 0 Å². The first-order chi connectivity index (χ1) is 15.5. The van der Waals surface area contributed by atoms with Crippen LogP contribution in [0.5, 0.6) is 11.5 Å². The summed E-state index contributed by atoms with van der Waals surface area (Å²) in [5, 5.41) is 13.5. The number of benzene rings is 2. The number of hydrogen-bond donors (Lipinski definition) is 1. The second-order valence-electron chi connectivity index (χ2n) is 6.56. The summed E-state index contributed by atoms with van der Waals surface area (Å²) < 4.78 is 48.2. The van der Waals surface area contributed by atoms with Crippen LogP contribution in [0.4, 0.5) is 23.7 Å². The summed E-state index contributed by atoms with van der Waals surface area (Å²) >= 11 is 0. The van der Waals surface area contributed by atoms with Crippen molar-refractivity contribution in [1.29, 1.82) is 0 Å². The number of nitro groups is 1. The largest absolute Gasteiger partial charge is 0.468 e. The summed E-state index contributed by atoms with van der Waals surface area (Å²) in [6, 6.07) is 6.70. The molecule has 3 amide bonds. The fraction of sp³-hybridized carbons (Fsp3) is 0.150. The molecule has 1 fully saturated rings. The van der Waals surface area contributed by atoms with Crippen molar-refractivity contribution in [2.24, 2.45) is 0 Å². The van der Waals surface area contributed by atoms with Crippen molar-refractivity contribution < 1.29 is 42.0 Å². The van der Waals surface area contributed by atoms with Gasteiger partial charge in [0, 0.05) is 6.07 Å². The topological polar surface area (TPSA) is 128 Å². The minimum atomic E-state index is -4.75. The van der Waals surface area contributed by atoms with E-state index in [-0.39, 0.29) is 11.4 Å². The summed E-state index contributed by atoms with van der Waals surface area (Å²) in [5.74, 6) is -1.84. The van der Waals surface area contributed by atoms with Crippen LogP contribution in [0, 0.1) is 10.1 Å². The van der Waals surface area contributed by atoms with Gasteiger partial charge in [0.05, 0.1) is 17.6 Å². The molecule has 1 aliphatic rings. The van der Waals surface area contributed by atoms with Gasteiger partial charge in [0.25, 0.3) is 5.91 Å². The number of esters is 1. The summed E-state index contributed by atoms with van der Waals surface area (Å²) in [4.78, 5) is 46.3. The Balaban J connectivity index is 1.78. The van der Waals surface area contributed by atoms with Crippen LogP contribution in [0.25, 0.3) is 6.08 Å². The number of ether oxygens (including phenoxy) is 2. The van der Waals surface area contributed by atoms with E-state index in [0.717, 1.165) is 13.2 Å². The molecule has 10 nitrogen and oxygen atoms in total. The molecule has 1 N–H and O–H groups in total. The third-order valence-corrected chi connectivity index (χ3v) is 4.38. The Hall–Kier alpha value is -4.42. The van der Waals surface area contributed by atoms with Gasteiger partial charge in [-0.2, -0.15) is 13.2 Å². The van der Waals surface area contributed by atoms with Gasteiger partial charge in [0.2, 0.25) is 5.75 Å². The summed E-state index contributed by atoms with van der Waals surface area (Å²) in [7, 11) is 1.11. The molecule has 2 aromatic rings. The Bertz CT molecular complexity index is 1160. The predicted octanol–water partition coefficient (Wildman–Crippen LogP) is 3.47. The number of carbonyl (C=O) groups excluding carboxylic acids is 3. The van der Waals surface area contributed by atoms with Crippen LogP contribution in [0.2, 0.25) is 0 Å². The van der Waals surface area contributed by atoms with Gasteiger partial charge in [0.1, 0.15) is 18.0 Å². The maximum absolute atomic E-state index is 12.8. The molecule has 1 heterocycles. The van der Waals surface area contributed by atoms with Gasteiger partial charge in [-0.1, -0.05) is 12.1 Å². The lowest BCUT2D eigenvalue weighted by Gasteiger charge is -2.10. The van der Waals surface area contributed by atoms with Gasteiger partial charge >= 0.3 is 23.9 Å². The Kier molecular flexibility index (Phi) is 6.33. The van der Waals surface area contributed by atoms with Crippen molar-refractivity contribution in [3.63, 3.8) is 0 Å². The van der Waals surface area contributed by atoms with Gasteiger partial charge in [0.15, 0.2) is 0 Å². The number of nitrogens with zero attached hydrogens (tertiary/aromatic N) is 2. The molecule has 3 rings (SSSR count). The number of imide groups is 1. The lowest BCUT2D eigenvalue weighted by molar-refractivity contribution is -0.385. The Morgan fingerprint density at radius 1 is 1.18 bits per heavy atom. The van der Waals surface area contributed by atoms with Gasteiger partial charge in [-0.05, 0) is 35.9 Å². The Labute approximate surface area is 183 Å². The van der Waals surface area contributed by atoms with E-state index in [9.17, 15) is 37.7 Å². The normalized spacial score (nSPS) is 14.9. The standard InChI is InChI=1S/C20H14F3N3O7/c1-32-17(27)10-25-18(28)14(24-19(25)29)8-11-2-5-13(6-3-11)33-16-7-4-12(20(21,22)23)9-15(16)26(30)31/h2-9H,10H2,1H3,(H,24,29)/b14-8+. The molecular formula is C20H14F3N3O7. The maximum Gasteiger partial charge on any atom is 0.416 e. The minimum Gasteiger partial charge on any atom is -0.468 e. The van der Waals surface area contributed by atoms with Crippen LogP contribution >= 0.6 is 0 Å². The van der Waals surface area contributed by atoms with E-state index in [1.165, 1.54) is 30.3 Å². The van der Waals surface area contributed by atoms with Gasteiger partial charge < -0.3 is 14.8 Å². The van der Waals surface area contributed by atoms with Crippen molar-refractivity contribution in [3.8, 4) is 11.5 Å². The summed E-state index contributed by atoms with van der Waals surface area (Å²) in [6.07, 6.45) is -3.43. The van der Waals surface area contributed by atoms with Crippen molar-refractivity contribution in [2.75, 3.05) is 13.7 Å². The van der Waals surface area contributed by atoms with E-state index in [4.69, 9.17) is 4.74 Å². The molecule has 1 aliphatic heterocycles. The molecule has 0 spiro atoms. The zero-order valence-corrected chi connectivity index (χ0v) is 16.7. The zero-order valence-electron chi connectivity index (χ0n) is 16.7. The molecule has 2 aromatic carbocycles. The third kappa shape index (κ3) is 5.26. The van der Waals surface area contributed by atoms with Crippen LogP contribution in [-0.4, -0.2) is 41.4 Å². The van der Waals surface area contributed by atoms with E-state index >= 15 is 0 Å². The second-order valence-corrected chi connectivity index (χ2v) is 6.56. The molecule has 0 saturated carbocycles. The fourth-order valence-corrected chi connectivity index (χ4v) is 2.76. The Morgan fingerprint density at radius 3 is 2.42 bits per heavy atom. The van der Waals surface area contributed by atoms with Crippen LogP contribution in [0.1, 0.15) is 11.1 Å². The van der Waals surface area contributed by atoms with E-state index < -0.39 is 52.6 Å². The number of urea groups is 1. The van der Waals surface area contributed by atoms with Crippen molar-refractivity contribution in [1.82, 2.24) is 10.2 Å². The number of methoxy groups -OCH3 is 1. The van der Waals surface area contributed by atoms with Gasteiger partial charge in [-0.3, -0.25) is 19.7 Å². The fourth-order valence-electron chi connectivity index (χ4n) is 2.76. The molecule has 0 aliphatic carbocycles. The number of nitro benzene ring substituents is 1. The molecule has 0 aromatic heterocycles. The number of carbonyl (C=O) groups is 3. The van der Waals surface area contributed by atoms with E-state index in [1.807, 2.05) is 0 Å². The average molecular weight is 465 g/mol. The number of nitrogens with one attached hydrogen (secondary N) is 1. The summed E-state index contributed by atoms with van der Waals surface area (Å²) in [5.41, 5.74) is -1.72. The third-order valence-electron chi connectivity index (χ3n) is 4.38. The van der Waals surface area contributed by atoms with E-state index in [0.29, 0.717) is 22.6 Å². The van der Waals surface area contributed by atoms with Crippen LogP contribution in [-0.2, 0) is 20.5 Å². The van der Waals surface area contributed by atoms with Crippen LogP contribution < -0.4 is 10.1 Å². The first-order valence-corrected chi connectivity index (χ1v) is 9.04. The molecule has 172 valence electrons. The molecule has 33 heavy (non-hydrogen) atoms. The quantitative estimate of drug-likeness (QED) is 0.227. The number of halogens is 3. The number of rotatable bonds is 6. The summed E-state index contributed by atoms with van der Waals surface area (Å²) in [6.45, 7) is -0.558. The molecular weight excluding hydrogens is 451 g/mol. The molecule has 0 unspecified atom stereocenters. The van der Waals surface area contributed by atoms with Crippen molar-refractivity contribution in [3.05, 3.63) is 69.4 Å². The number of amides is 3. The lowest BCUT2D eigenvalue weighted by Crippen LogP contribution is -2.36. The van der Waals surface area contributed by atoms with Crippen LogP contribution in [0.15, 0.2) is 48.2 Å². The zero-order chi connectivity index (χ0) is 24.3. The highest BCUT2D eigenvalue weighted by Crippen LogP contribution is 2.37. The molecule has 0 atom stereocenters. The first kappa shape index (κ1) is 23.2.